The molecule has 102 valence electrons. The van der Waals surface area contributed by atoms with Crippen molar-refractivity contribution in [1.29, 1.82) is 0 Å². The lowest BCUT2D eigenvalue weighted by atomic mass is 10.1. The molecule has 2 saturated heterocycles. The highest BCUT2D eigenvalue weighted by Gasteiger charge is 2.46. The minimum atomic E-state index is -2.95. The second kappa shape index (κ2) is 4.61. The molecule has 0 spiro atoms. The summed E-state index contributed by atoms with van der Waals surface area (Å²) in [6.45, 7) is 0.611. The molecule has 7 heteroatoms. The van der Waals surface area contributed by atoms with Gasteiger partial charge in [-0.05, 0) is 29.9 Å². The molecule has 0 bridgehead atoms. The number of rotatable bonds is 2. The van der Waals surface area contributed by atoms with Crippen LogP contribution in [-0.2, 0) is 16.4 Å². The molecule has 2 heterocycles. The van der Waals surface area contributed by atoms with Gasteiger partial charge in [-0.25, -0.2) is 8.42 Å². The minimum Gasteiger partial charge on any atom is -0.357 e. The Hall–Kier alpha value is -0.850. The quantitative estimate of drug-likeness (QED) is 0.831. The first-order chi connectivity index (χ1) is 8.94. The largest absolute Gasteiger partial charge is 0.357 e. The summed E-state index contributed by atoms with van der Waals surface area (Å²) in [6.07, 6.45) is 0. The molecule has 0 saturated carbocycles. The molecule has 4 nitrogen and oxygen atoms in total. The van der Waals surface area contributed by atoms with Crippen LogP contribution in [0.5, 0.6) is 0 Å². The topological polar surface area (TPSA) is 49.4 Å². The van der Waals surface area contributed by atoms with E-state index in [1.54, 1.807) is 0 Å². The van der Waals surface area contributed by atoms with Crippen molar-refractivity contribution >= 4 is 38.8 Å². The molecule has 2 aliphatic heterocycles. The molecule has 0 aliphatic carbocycles. The Balaban J connectivity index is 1.80. The van der Waals surface area contributed by atoms with Gasteiger partial charge in [0, 0.05) is 11.6 Å². The lowest BCUT2D eigenvalue weighted by Gasteiger charge is -2.23. The van der Waals surface area contributed by atoms with E-state index in [1.807, 2.05) is 29.2 Å². The maximum atomic E-state index is 11.7. The van der Waals surface area contributed by atoms with E-state index in [0.717, 1.165) is 5.56 Å². The van der Waals surface area contributed by atoms with E-state index in [9.17, 15) is 8.42 Å². The summed E-state index contributed by atoms with van der Waals surface area (Å²) in [7, 11) is -2.95. The van der Waals surface area contributed by atoms with Crippen LogP contribution in [0.1, 0.15) is 5.56 Å². The summed E-state index contributed by atoms with van der Waals surface area (Å²) in [4.78, 5) is 1.97. The van der Waals surface area contributed by atoms with Crippen LogP contribution < -0.4 is 5.32 Å². The Labute approximate surface area is 122 Å². The van der Waals surface area contributed by atoms with Crippen LogP contribution in [0.3, 0.4) is 0 Å². The molecule has 2 aliphatic rings. The first-order valence-electron chi connectivity index (χ1n) is 5.97. The van der Waals surface area contributed by atoms with E-state index in [1.165, 1.54) is 0 Å². The van der Waals surface area contributed by atoms with Gasteiger partial charge < -0.3 is 10.2 Å². The maximum Gasteiger partial charge on any atom is 0.169 e. The number of fused-ring (bicyclic) bond motifs is 1. The van der Waals surface area contributed by atoms with Crippen molar-refractivity contribution in [3.63, 3.8) is 0 Å². The van der Waals surface area contributed by atoms with Gasteiger partial charge >= 0.3 is 0 Å². The Kier molecular flexibility index (Phi) is 3.19. The molecule has 2 fully saturated rings. The van der Waals surface area contributed by atoms with Gasteiger partial charge in [0.05, 0.1) is 23.6 Å². The Morgan fingerprint density at radius 2 is 2.00 bits per heavy atom. The number of halogens is 1. The van der Waals surface area contributed by atoms with Gasteiger partial charge in [-0.2, -0.15) is 0 Å². The van der Waals surface area contributed by atoms with Crippen LogP contribution >= 0.6 is 23.8 Å². The Morgan fingerprint density at radius 1 is 1.32 bits per heavy atom. The van der Waals surface area contributed by atoms with Gasteiger partial charge in [0.25, 0.3) is 0 Å². The molecule has 1 N–H and O–H groups in total. The molecule has 0 radical (unpaired) electrons. The highest BCUT2D eigenvalue weighted by Crippen LogP contribution is 2.26. The first-order valence-corrected chi connectivity index (χ1v) is 8.57. The fraction of sp³-hybridized carbons (Fsp3) is 0.417. The summed E-state index contributed by atoms with van der Waals surface area (Å²) >= 11 is 11.1. The zero-order valence-electron chi connectivity index (χ0n) is 10.0. The van der Waals surface area contributed by atoms with Crippen LogP contribution in [0, 0.1) is 0 Å². The molecule has 0 aromatic heterocycles. The highest BCUT2D eigenvalue weighted by molar-refractivity contribution is 7.91. The number of hydrogen-bond donors (Lipinski definition) is 1. The zero-order valence-corrected chi connectivity index (χ0v) is 12.4. The molecule has 1 aromatic carbocycles. The average Bonchev–Trinajstić information content (AvgIpc) is 2.75. The Morgan fingerprint density at radius 3 is 2.68 bits per heavy atom. The summed E-state index contributed by atoms with van der Waals surface area (Å²) in [5.74, 6) is 0.354. The molecular weight excluding hydrogens is 304 g/mol. The van der Waals surface area contributed by atoms with Gasteiger partial charge in [0.2, 0.25) is 0 Å². The fourth-order valence-electron chi connectivity index (χ4n) is 2.64. The number of sulfone groups is 1. The van der Waals surface area contributed by atoms with Crippen molar-refractivity contribution in [1.82, 2.24) is 10.2 Å². The zero-order chi connectivity index (χ0) is 13.6. The summed E-state index contributed by atoms with van der Waals surface area (Å²) in [6, 6.07) is 7.40. The number of thiocarbonyl (C=S) groups is 1. The fourth-order valence-corrected chi connectivity index (χ4v) is 5.04. The molecule has 1 aromatic rings. The Bertz CT molecular complexity index is 615. The normalized spacial score (nSPS) is 28.3. The van der Waals surface area contributed by atoms with E-state index >= 15 is 0 Å². The van der Waals surface area contributed by atoms with Crippen LogP contribution in [-0.4, -0.2) is 42.0 Å². The van der Waals surface area contributed by atoms with Gasteiger partial charge in [-0.1, -0.05) is 23.7 Å². The van der Waals surface area contributed by atoms with Crippen LogP contribution in [0.2, 0.25) is 5.02 Å². The second-order valence-electron chi connectivity index (χ2n) is 4.95. The molecule has 0 unspecified atom stereocenters. The minimum absolute atomic E-state index is 0.0480. The molecule has 0 amide bonds. The predicted octanol–water partition coefficient (Wildman–Crippen LogP) is 1.20. The van der Waals surface area contributed by atoms with Crippen molar-refractivity contribution in [2.75, 3.05) is 11.5 Å². The molecular formula is C12H13ClN2O2S2. The van der Waals surface area contributed by atoms with Crippen molar-refractivity contribution in [2.24, 2.45) is 0 Å². The van der Waals surface area contributed by atoms with Crippen LogP contribution in [0.15, 0.2) is 24.3 Å². The third-order valence-corrected chi connectivity index (χ3v) is 5.88. The maximum absolute atomic E-state index is 11.7. The van der Waals surface area contributed by atoms with Crippen LogP contribution in [0.4, 0.5) is 0 Å². The standard InChI is InChI=1S/C12H13ClN2O2S2/c13-9-3-1-8(2-4-9)5-15-11-7-19(16,17)6-10(11)14-12(15)18/h1-4,10-11H,5-7H2,(H,14,18)/t10-,11+/m0/s1. The molecule has 2 atom stereocenters. The number of nitrogens with zero attached hydrogens (tertiary/aromatic N) is 1. The third kappa shape index (κ3) is 2.57. The summed E-state index contributed by atoms with van der Waals surface area (Å²) < 4.78 is 23.3. The van der Waals surface area contributed by atoms with E-state index in [-0.39, 0.29) is 23.6 Å². The van der Waals surface area contributed by atoms with Crippen molar-refractivity contribution in [3.05, 3.63) is 34.9 Å². The van der Waals surface area contributed by atoms with Gasteiger partial charge in [-0.15, -0.1) is 0 Å². The smallest absolute Gasteiger partial charge is 0.169 e. The summed E-state index contributed by atoms with van der Waals surface area (Å²) in [5, 5.41) is 4.43. The summed E-state index contributed by atoms with van der Waals surface area (Å²) in [5.41, 5.74) is 1.07. The SMILES string of the molecule is O=S1(=O)C[C@@H]2NC(=S)N(Cc3ccc(Cl)cc3)[C@@H]2C1. The number of hydrogen-bond acceptors (Lipinski definition) is 3. The van der Waals surface area contributed by atoms with E-state index < -0.39 is 9.84 Å². The van der Waals surface area contributed by atoms with E-state index in [4.69, 9.17) is 23.8 Å². The van der Waals surface area contributed by atoms with E-state index in [0.29, 0.717) is 16.7 Å². The first kappa shape index (κ1) is 13.1. The average molecular weight is 317 g/mol. The van der Waals surface area contributed by atoms with Gasteiger partial charge in [-0.3, -0.25) is 0 Å². The molecule has 19 heavy (non-hydrogen) atoms. The highest BCUT2D eigenvalue weighted by atomic mass is 35.5. The van der Waals surface area contributed by atoms with E-state index in [2.05, 4.69) is 5.32 Å². The van der Waals surface area contributed by atoms with Crippen LogP contribution in [0.25, 0.3) is 0 Å². The van der Waals surface area contributed by atoms with Crippen molar-refractivity contribution < 1.29 is 8.42 Å². The van der Waals surface area contributed by atoms with Crippen molar-refractivity contribution in [2.45, 2.75) is 18.6 Å². The molecule has 3 rings (SSSR count). The lowest BCUT2D eigenvalue weighted by Crippen LogP contribution is -2.36. The van der Waals surface area contributed by atoms with Gasteiger partial charge in [0.1, 0.15) is 0 Å². The van der Waals surface area contributed by atoms with Gasteiger partial charge in [0.15, 0.2) is 14.9 Å². The predicted molar refractivity (Wildman–Crippen MR) is 79.0 cm³/mol. The lowest BCUT2D eigenvalue weighted by molar-refractivity contribution is 0.349. The third-order valence-electron chi connectivity index (χ3n) is 3.56. The van der Waals surface area contributed by atoms with Crippen molar-refractivity contribution in [3.8, 4) is 0 Å². The number of benzene rings is 1. The number of nitrogens with one attached hydrogen (secondary N) is 1. The second-order valence-corrected chi connectivity index (χ2v) is 7.93. The monoisotopic (exact) mass is 316 g/mol.